The van der Waals surface area contributed by atoms with E-state index in [1.807, 2.05) is 0 Å². The molecule has 4 nitrogen and oxygen atoms in total. The van der Waals surface area contributed by atoms with E-state index < -0.39 is 0 Å². The molecule has 0 saturated heterocycles. The van der Waals surface area contributed by atoms with Crippen LogP contribution in [0.3, 0.4) is 0 Å². The van der Waals surface area contributed by atoms with E-state index in [-0.39, 0.29) is 11.8 Å². The summed E-state index contributed by atoms with van der Waals surface area (Å²) in [4.78, 5) is 22.2. The molecule has 24 heavy (non-hydrogen) atoms. The Morgan fingerprint density at radius 3 is 1.83 bits per heavy atom. The van der Waals surface area contributed by atoms with Crippen LogP contribution in [0, 0.1) is 0 Å². The molecule has 0 unspecified atom stereocenters. The summed E-state index contributed by atoms with van der Waals surface area (Å²) in [7, 11) is 3.24. The molecular weight excluding hydrogens is 340 g/mol. The van der Waals surface area contributed by atoms with Crippen molar-refractivity contribution in [2.75, 3.05) is 18.1 Å². The average molecular weight is 377 g/mol. The van der Waals surface area contributed by atoms with Gasteiger partial charge in [-0.05, 0) is 6.42 Å². The van der Waals surface area contributed by atoms with Crippen molar-refractivity contribution in [1.82, 2.24) is 5.32 Å². The molecule has 0 saturated carbocycles. The van der Waals surface area contributed by atoms with Gasteiger partial charge in [-0.25, -0.2) is 0 Å². The molecule has 0 aliphatic heterocycles. The van der Waals surface area contributed by atoms with Gasteiger partial charge in [0.05, 0.1) is 0 Å². The Morgan fingerprint density at radius 1 is 0.792 bits per heavy atom. The summed E-state index contributed by atoms with van der Waals surface area (Å²) in [6.45, 7) is 3.05. The summed E-state index contributed by atoms with van der Waals surface area (Å²) < 4.78 is 0. The van der Waals surface area contributed by atoms with Crippen molar-refractivity contribution in [2.45, 2.75) is 84.0 Å². The lowest BCUT2D eigenvalue weighted by Gasteiger charge is -2.05. The molecule has 0 spiro atoms. The van der Waals surface area contributed by atoms with E-state index in [9.17, 15) is 9.59 Å². The molecular formula is C18H36N2O2S2. The van der Waals surface area contributed by atoms with Gasteiger partial charge >= 0.3 is 0 Å². The van der Waals surface area contributed by atoms with Crippen molar-refractivity contribution in [2.24, 2.45) is 5.73 Å². The molecule has 0 radical (unpaired) electrons. The minimum atomic E-state index is -0.266. The van der Waals surface area contributed by atoms with Crippen LogP contribution in [-0.4, -0.2) is 29.9 Å². The lowest BCUT2D eigenvalue weighted by atomic mass is 10.1. The smallest absolute Gasteiger partial charge is 0.220 e. The van der Waals surface area contributed by atoms with Crippen LogP contribution in [0.1, 0.15) is 84.0 Å². The molecule has 0 aromatic carbocycles. The van der Waals surface area contributed by atoms with Gasteiger partial charge in [-0.3, -0.25) is 9.59 Å². The first-order valence-electron chi connectivity index (χ1n) is 9.46. The molecule has 0 bridgehead atoms. The van der Waals surface area contributed by atoms with Gasteiger partial charge in [0.25, 0.3) is 0 Å². The number of hydrogen-bond donors (Lipinski definition) is 2. The second-order valence-corrected chi connectivity index (χ2v) is 8.84. The molecule has 0 aromatic heterocycles. The first kappa shape index (κ1) is 23.6. The van der Waals surface area contributed by atoms with Crippen LogP contribution >= 0.6 is 21.6 Å². The largest absolute Gasteiger partial charge is 0.370 e. The van der Waals surface area contributed by atoms with Gasteiger partial charge in [0, 0.05) is 30.9 Å². The number of carbonyl (C=O) groups excluding carboxylic acids is 2. The number of unbranched alkanes of at least 4 members (excludes halogenated alkanes) is 9. The van der Waals surface area contributed by atoms with E-state index in [2.05, 4.69) is 12.2 Å². The van der Waals surface area contributed by atoms with Gasteiger partial charge < -0.3 is 11.1 Å². The van der Waals surface area contributed by atoms with Crippen LogP contribution in [-0.2, 0) is 9.59 Å². The molecule has 142 valence electrons. The zero-order valence-electron chi connectivity index (χ0n) is 15.3. The van der Waals surface area contributed by atoms with Gasteiger partial charge in [-0.15, -0.1) is 0 Å². The Hall–Kier alpha value is -0.360. The summed E-state index contributed by atoms with van der Waals surface area (Å²) in [5.41, 5.74) is 5.06. The van der Waals surface area contributed by atoms with Crippen molar-refractivity contribution >= 4 is 33.4 Å². The fourth-order valence-electron chi connectivity index (χ4n) is 2.32. The zero-order valence-corrected chi connectivity index (χ0v) is 16.9. The van der Waals surface area contributed by atoms with Crippen LogP contribution in [0.15, 0.2) is 0 Å². The zero-order chi connectivity index (χ0) is 17.9. The van der Waals surface area contributed by atoms with E-state index in [0.29, 0.717) is 12.8 Å². The molecule has 2 amide bonds. The second-order valence-electron chi connectivity index (χ2n) is 6.14. The molecule has 0 aliphatic rings. The highest BCUT2D eigenvalue weighted by Gasteiger charge is 2.01. The fraction of sp³-hybridized carbons (Fsp3) is 0.889. The van der Waals surface area contributed by atoms with Gasteiger partial charge in [-0.2, -0.15) is 0 Å². The quantitative estimate of drug-likeness (QED) is 0.269. The number of hydrogen-bond acceptors (Lipinski definition) is 4. The summed E-state index contributed by atoms with van der Waals surface area (Å²) in [6, 6.07) is 0. The molecule has 3 N–H and O–H groups in total. The summed E-state index contributed by atoms with van der Waals surface area (Å²) in [6.07, 6.45) is 14.1. The van der Waals surface area contributed by atoms with Crippen LogP contribution in [0.25, 0.3) is 0 Å². The highest BCUT2D eigenvalue weighted by atomic mass is 33.1. The number of nitrogens with one attached hydrogen (secondary N) is 1. The van der Waals surface area contributed by atoms with Crippen molar-refractivity contribution in [1.29, 1.82) is 0 Å². The first-order chi connectivity index (χ1) is 11.7. The third-order valence-electron chi connectivity index (χ3n) is 3.78. The monoisotopic (exact) mass is 376 g/mol. The molecule has 0 rings (SSSR count). The van der Waals surface area contributed by atoms with E-state index in [0.717, 1.165) is 24.5 Å². The number of carbonyl (C=O) groups is 2. The third kappa shape index (κ3) is 19.7. The molecule has 0 aromatic rings. The minimum absolute atomic E-state index is 0.133. The summed E-state index contributed by atoms with van der Waals surface area (Å²) >= 11 is 0. The number of rotatable bonds is 18. The van der Waals surface area contributed by atoms with Crippen molar-refractivity contribution in [3.05, 3.63) is 0 Å². The van der Waals surface area contributed by atoms with E-state index in [1.165, 1.54) is 57.8 Å². The highest BCUT2D eigenvalue weighted by molar-refractivity contribution is 8.76. The van der Waals surface area contributed by atoms with Crippen LogP contribution in [0.2, 0.25) is 0 Å². The Balaban J connectivity index is 3.16. The predicted octanol–water partition coefficient (Wildman–Crippen LogP) is 4.67. The van der Waals surface area contributed by atoms with E-state index >= 15 is 0 Å². The molecule has 0 fully saturated rings. The fourth-order valence-corrected chi connectivity index (χ4v) is 4.32. The molecule has 0 atom stereocenters. The van der Waals surface area contributed by atoms with Crippen molar-refractivity contribution in [3.8, 4) is 0 Å². The molecule has 0 heterocycles. The van der Waals surface area contributed by atoms with Crippen molar-refractivity contribution < 1.29 is 9.59 Å². The average Bonchev–Trinajstić information content (AvgIpc) is 2.55. The van der Waals surface area contributed by atoms with E-state index in [1.54, 1.807) is 21.6 Å². The summed E-state index contributed by atoms with van der Waals surface area (Å²) in [5.74, 6) is 1.37. The van der Waals surface area contributed by atoms with Gasteiger partial charge in [0.1, 0.15) is 0 Å². The van der Waals surface area contributed by atoms with Crippen LogP contribution in [0.5, 0.6) is 0 Å². The van der Waals surface area contributed by atoms with E-state index in [4.69, 9.17) is 5.73 Å². The molecule has 0 aliphatic carbocycles. The number of amides is 2. The predicted molar refractivity (Wildman–Crippen MR) is 108 cm³/mol. The summed E-state index contributed by atoms with van der Waals surface area (Å²) in [5, 5.41) is 2.98. The minimum Gasteiger partial charge on any atom is -0.370 e. The highest BCUT2D eigenvalue weighted by Crippen LogP contribution is 2.22. The second kappa shape index (κ2) is 19.0. The Kier molecular flexibility index (Phi) is 18.7. The third-order valence-corrected chi connectivity index (χ3v) is 6.19. The normalized spacial score (nSPS) is 10.7. The van der Waals surface area contributed by atoms with Gasteiger partial charge in [-0.1, -0.05) is 86.3 Å². The lowest BCUT2D eigenvalue weighted by Crippen LogP contribution is -2.24. The maximum absolute atomic E-state index is 11.6. The number of primary amides is 1. The van der Waals surface area contributed by atoms with Crippen LogP contribution < -0.4 is 11.1 Å². The Labute approximate surface area is 156 Å². The molecule has 6 heteroatoms. The van der Waals surface area contributed by atoms with Crippen LogP contribution in [0.4, 0.5) is 0 Å². The maximum Gasteiger partial charge on any atom is 0.220 e. The van der Waals surface area contributed by atoms with Gasteiger partial charge in [0.15, 0.2) is 0 Å². The van der Waals surface area contributed by atoms with Gasteiger partial charge in [0.2, 0.25) is 11.8 Å². The van der Waals surface area contributed by atoms with Crippen molar-refractivity contribution in [3.63, 3.8) is 0 Å². The Bertz CT molecular complexity index is 315. The maximum atomic E-state index is 11.6. The Morgan fingerprint density at radius 2 is 1.29 bits per heavy atom. The lowest BCUT2D eigenvalue weighted by molar-refractivity contribution is -0.120. The first-order valence-corrected chi connectivity index (χ1v) is 11.9. The topological polar surface area (TPSA) is 72.2 Å². The number of nitrogens with two attached hydrogens (primary N) is 1. The SMILES string of the molecule is CCCCCCCCCCCCNC(=O)CCSSCCC(N)=O. The standard InChI is InChI=1S/C18H36N2O2S2/c1-2-3-4-5-6-7-8-9-10-11-14-20-18(22)13-16-24-23-15-12-17(19)21/h2-16H2,1H3,(H2,19,21)(H,20,22).